The van der Waals surface area contributed by atoms with Crippen molar-refractivity contribution in [1.82, 2.24) is 39.7 Å². The molecule has 45 heavy (non-hydrogen) atoms. The van der Waals surface area contributed by atoms with Gasteiger partial charge in [-0.3, -0.25) is 14.5 Å². The number of hydrogen-bond acceptors (Lipinski definition) is 9. The van der Waals surface area contributed by atoms with Crippen LogP contribution in [0.1, 0.15) is 39.3 Å². The summed E-state index contributed by atoms with van der Waals surface area (Å²) in [5.41, 5.74) is 8.46. The van der Waals surface area contributed by atoms with E-state index in [4.69, 9.17) is 22.1 Å². The summed E-state index contributed by atoms with van der Waals surface area (Å²) in [5.74, 6) is -3.68. The molecule has 236 valence electrons. The number of pyridine rings is 2. The Labute approximate surface area is 260 Å². The van der Waals surface area contributed by atoms with E-state index in [0.717, 1.165) is 5.56 Å². The van der Waals surface area contributed by atoms with Gasteiger partial charge in [-0.2, -0.15) is 5.10 Å². The number of halogens is 4. The first-order valence-corrected chi connectivity index (χ1v) is 14.5. The Morgan fingerprint density at radius 3 is 2.69 bits per heavy atom. The average Bonchev–Trinajstić information content (AvgIpc) is 3.58. The van der Waals surface area contributed by atoms with E-state index >= 15 is 4.39 Å². The lowest BCUT2D eigenvalue weighted by molar-refractivity contribution is -0.0565. The van der Waals surface area contributed by atoms with Gasteiger partial charge in [0, 0.05) is 57.0 Å². The first-order valence-electron chi connectivity index (χ1n) is 14.1. The third-order valence-corrected chi connectivity index (χ3v) is 8.35. The van der Waals surface area contributed by atoms with Gasteiger partial charge in [0.1, 0.15) is 29.3 Å². The Morgan fingerprint density at radius 2 is 1.96 bits per heavy atom. The minimum atomic E-state index is -2.68. The number of carbonyl (C=O) groups excluding carboxylic acids is 2. The normalized spacial score (nSPS) is 20.0. The fraction of sp³-hybridized carbons (Fsp3) is 0.379. The topological polar surface area (TPSA) is 144 Å². The molecule has 0 saturated carbocycles. The molecule has 6 rings (SSSR count). The zero-order chi connectivity index (χ0) is 31.9. The summed E-state index contributed by atoms with van der Waals surface area (Å²) in [5, 5.41) is 7.15. The highest BCUT2D eigenvalue weighted by Gasteiger charge is 2.38. The van der Waals surface area contributed by atoms with E-state index in [1.165, 1.54) is 42.9 Å². The maximum Gasteiger partial charge on any atom is 0.274 e. The number of nitrogens with zero attached hydrogens (tertiary/aromatic N) is 7. The number of carbonyl (C=O) groups is 2. The molecule has 4 aromatic rings. The van der Waals surface area contributed by atoms with E-state index in [0.29, 0.717) is 23.3 Å². The standard InChI is InChI=1S/C29H29ClF3N9O3/c1-45-27-18(26(43)39-21-14-41(13-20(21)31)28(44)23-19(30)3-2-6-35-23)9-16(11-36-27)22-10-17(24-25(34)37-15-38-42(22)24)12-40-7-4-29(32,33)5-8-40/h2-3,6,9-11,15,20-21H,4-5,7-8,12-14H2,1H3,(H,39,43)(H2,34,37,38)/t20-,21+/m0/s1. The first kappa shape index (κ1) is 30.5. The minimum Gasteiger partial charge on any atom is -0.480 e. The number of rotatable bonds is 7. The fourth-order valence-electron chi connectivity index (χ4n) is 5.67. The highest BCUT2D eigenvalue weighted by molar-refractivity contribution is 6.33. The number of nitrogen functional groups attached to an aromatic ring is 1. The van der Waals surface area contributed by atoms with Crippen molar-refractivity contribution >= 4 is 34.7 Å². The molecule has 3 N–H and O–H groups in total. The summed E-state index contributed by atoms with van der Waals surface area (Å²) in [6, 6.07) is 5.42. The number of aromatic nitrogens is 5. The van der Waals surface area contributed by atoms with Crippen molar-refractivity contribution in [2.24, 2.45) is 0 Å². The number of methoxy groups -OCH3 is 1. The molecule has 0 aromatic carbocycles. The molecule has 16 heteroatoms. The Kier molecular flexibility index (Phi) is 8.22. The van der Waals surface area contributed by atoms with E-state index in [2.05, 4.69) is 25.4 Å². The maximum absolute atomic E-state index is 15.1. The monoisotopic (exact) mass is 643 g/mol. The largest absolute Gasteiger partial charge is 0.480 e. The number of nitrogens with one attached hydrogen (secondary N) is 1. The first-order chi connectivity index (χ1) is 21.5. The summed E-state index contributed by atoms with van der Waals surface area (Å²) in [6.45, 7) is 0.430. The third-order valence-electron chi connectivity index (χ3n) is 8.04. The van der Waals surface area contributed by atoms with Crippen LogP contribution in [0.3, 0.4) is 0 Å². The van der Waals surface area contributed by atoms with Gasteiger partial charge in [0.2, 0.25) is 5.88 Å². The molecule has 2 atom stereocenters. The van der Waals surface area contributed by atoms with Gasteiger partial charge in [-0.1, -0.05) is 11.6 Å². The van der Waals surface area contributed by atoms with E-state index in [9.17, 15) is 18.4 Å². The molecule has 2 fully saturated rings. The van der Waals surface area contributed by atoms with Gasteiger partial charge in [-0.25, -0.2) is 32.6 Å². The molecule has 12 nitrogen and oxygen atoms in total. The molecule has 2 saturated heterocycles. The molecule has 0 bridgehead atoms. The van der Waals surface area contributed by atoms with Gasteiger partial charge in [0.25, 0.3) is 17.7 Å². The van der Waals surface area contributed by atoms with Crippen LogP contribution in [0.15, 0.2) is 43.0 Å². The number of anilines is 1. The van der Waals surface area contributed by atoms with Crippen LogP contribution in [0, 0.1) is 0 Å². The van der Waals surface area contributed by atoms with Crippen LogP contribution in [0.25, 0.3) is 16.8 Å². The van der Waals surface area contributed by atoms with Crippen molar-refractivity contribution in [3.05, 3.63) is 64.8 Å². The molecule has 0 aliphatic carbocycles. The number of fused-ring (bicyclic) bond motifs is 1. The van der Waals surface area contributed by atoms with Gasteiger partial charge < -0.3 is 20.7 Å². The number of piperidine rings is 1. The lowest BCUT2D eigenvalue weighted by Crippen LogP contribution is -2.42. The van der Waals surface area contributed by atoms with Crippen LogP contribution in [0.5, 0.6) is 5.88 Å². The minimum absolute atomic E-state index is 0.00150. The molecule has 0 spiro atoms. The van der Waals surface area contributed by atoms with Crippen molar-refractivity contribution < 1.29 is 27.5 Å². The van der Waals surface area contributed by atoms with Gasteiger partial charge in [0.05, 0.1) is 30.4 Å². The maximum atomic E-state index is 15.1. The van der Waals surface area contributed by atoms with Crippen molar-refractivity contribution in [2.45, 2.75) is 37.5 Å². The molecule has 2 amide bonds. The fourth-order valence-corrected chi connectivity index (χ4v) is 5.88. The predicted molar refractivity (Wildman–Crippen MR) is 158 cm³/mol. The smallest absolute Gasteiger partial charge is 0.274 e. The highest BCUT2D eigenvalue weighted by Crippen LogP contribution is 2.33. The molecule has 6 heterocycles. The summed E-state index contributed by atoms with van der Waals surface area (Å²) in [6.07, 6.45) is 2.18. The molecule has 2 aliphatic heterocycles. The van der Waals surface area contributed by atoms with Crippen LogP contribution < -0.4 is 15.8 Å². The number of alkyl halides is 3. The van der Waals surface area contributed by atoms with Gasteiger partial charge >= 0.3 is 0 Å². The quantitative estimate of drug-likeness (QED) is 0.310. The Morgan fingerprint density at radius 1 is 1.18 bits per heavy atom. The number of likely N-dealkylation sites (tertiary alicyclic amines) is 2. The van der Waals surface area contributed by atoms with E-state index < -0.39 is 30.0 Å². The SMILES string of the molecule is COc1ncc(-c2cc(CN3CCC(F)(F)CC3)c3c(N)ncnn23)cc1C(=O)N[C@@H]1CN(C(=O)c2ncccc2Cl)C[C@@H]1F. The Bertz CT molecular complexity index is 1760. The van der Waals surface area contributed by atoms with Gasteiger partial charge in [-0.05, 0) is 29.8 Å². The van der Waals surface area contributed by atoms with E-state index in [1.54, 1.807) is 16.6 Å². The van der Waals surface area contributed by atoms with Gasteiger partial charge in [0.15, 0.2) is 5.82 Å². The van der Waals surface area contributed by atoms with Crippen LogP contribution in [-0.4, -0.2) is 97.6 Å². The Balaban J connectivity index is 1.25. The lowest BCUT2D eigenvalue weighted by atomic mass is 10.1. The van der Waals surface area contributed by atoms with Crippen molar-refractivity contribution in [3.8, 4) is 17.1 Å². The number of amides is 2. The van der Waals surface area contributed by atoms with Crippen LogP contribution >= 0.6 is 11.6 Å². The molecule has 2 aliphatic rings. The van der Waals surface area contributed by atoms with Crippen LogP contribution in [0.4, 0.5) is 19.0 Å². The molecular weight excluding hydrogens is 615 g/mol. The second-order valence-corrected chi connectivity index (χ2v) is 11.4. The van der Waals surface area contributed by atoms with Crippen LogP contribution in [-0.2, 0) is 6.54 Å². The summed E-state index contributed by atoms with van der Waals surface area (Å²) < 4.78 is 49.5. The van der Waals surface area contributed by atoms with Crippen molar-refractivity contribution in [2.75, 3.05) is 39.0 Å². The second-order valence-electron chi connectivity index (χ2n) is 11.0. The lowest BCUT2D eigenvalue weighted by Gasteiger charge is -2.31. The van der Waals surface area contributed by atoms with Crippen LogP contribution in [0.2, 0.25) is 5.02 Å². The zero-order valence-electron chi connectivity index (χ0n) is 24.1. The average molecular weight is 644 g/mol. The molecule has 0 unspecified atom stereocenters. The van der Waals surface area contributed by atoms with E-state index in [1.807, 2.05) is 4.90 Å². The molecule has 0 radical (unpaired) electrons. The number of hydrogen-bond donors (Lipinski definition) is 2. The third kappa shape index (κ3) is 6.09. The predicted octanol–water partition coefficient (Wildman–Crippen LogP) is 3.25. The van der Waals surface area contributed by atoms with Crippen molar-refractivity contribution in [3.63, 3.8) is 0 Å². The molecule has 4 aromatic heterocycles. The van der Waals surface area contributed by atoms with Crippen molar-refractivity contribution in [1.29, 1.82) is 0 Å². The molecular formula is C29H29ClF3N9O3. The summed E-state index contributed by atoms with van der Waals surface area (Å²) in [4.78, 5) is 42.0. The summed E-state index contributed by atoms with van der Waals surface area (Å²) in [7, 11) is 1.35. The highest BCUT2D eigenvalue weighted by atomic mass is 35.5. The van der Waals surface area contributed by atoms with E-state index in [-0.39, 0.29) is 67.0 Å². The number of ether oxygens (including phenoxy) is 1. The zero-order valence-corrected chi connectivity index (χ0v) is 24.8. The Hall–Kier alpha value is -4.50. The summed E-state index contributed by atoms with van der Waals surface area (Å²) >= 11 is 6.10. The number of nitrogens with two attached hydrogens (primary N) is 1. The van der Waals surface area contributed by atoms with Gasteiger partial charge in [-0.15, -0.1) is 0 Å². The second kappa shape index (κ2) is 12.1.